The van der Waals surface area contributed by atoms with Gasteiger partial charge in [-0.1, -0.05) is 0 Å². The molecule has 1 aromatic heterocycles. The highest BCUT2D eigenvalue weighted by molar-refractivity contribution is 7.91. The Morgan fingerprint density at radius 2 is 2.13 bits per heavy atom. The summed E-state index contributed by atoms with van der Waals surface area (Å²) in [5, 5.41) is 7.58. The van der Waals surface area contributed by atoms with Crippen molar-refractivity contribution in [3.8, 4) is 0 Å². The quantitative estimate of drug-likeness (QED) is 0.876. The average Bonchev–Trinajstić information content (AvgIpc) is 2.69. The predicted molar refractivity (Wildman–Crippen MR) is 62.8 cm³/mol. The Morgan fingerprint density at radius 3 is 2.73 bits per heavy atom. The summed E-state index contributed by atoms with van der Waals surface area (Å²) >= 11 is 1.69. The molecular formula is C10H15NO2S2. The highest BCUT2D eigenvalue weighted by Crippen LogP contribution is 2.13. The zero-order valence-corrected chi connectivity index (χ0v) is 10.1. The zero-order valence-electron chi connectivity index (χ0n) is 8.48. The van der Waals surface area contributed by atoms with Crippen LogP contribution in [0.15, 0.2) is 16.8 Å². The maximum absolute atomic E-state index is 11.2. The smallest absolute Gasteiger partial charge is 0.150 e. The van der Waals surface area contributed by atoms with Crippen molar-refractivity contribution in [2.45, 2.75) is 25.4 Å². The number of hydrogen-bond donors (Lipinski definition) is 1. The van der Waals surface area contributed by atoms with E-state index in [0.29, 0.717) is 17.5 Å². The van der Waals surface area contributed by atoms with E-state index in [0.717, 1.165) is 19.4 Å². The van der Waals surface area contributed by atoms with Gasteiger partial charge in [0.15, 0.2) is 0 Å². The van der Waals surface area contributed by atoms with Crippen molar-refractivity contribution in [1.29, 1.82) is 0 Å². The summed E-state index contributed by atoms with van der Waals surface area (Å²) in [5.74, 6) is 0.683. The molecule has 3 nitrogen and oxygen atoms in total. The summed E-state index contributed by atoms with van der Waals surface area (Å²) in [6.45, 7) is 0.855. The monoisotopic (exact) mass is 245 g/mol. The topological polar surface area (TPSA) is 46.2 Å². The van der Waals surface area contributed by atoms with Gasteiger partial charge in [-0.25, -0.2) is 8.42 Å². The maximum atomic E-state index is 11.2. The van der Waals surface area contributed by atoms with Crippen molar-refractivity contribution < 1.29 is 8.42 Å². The zero-order chi connectivity index (χ0) is 10.7. The molecule has 5 heteroatoms. The molecule has 0 unspecified atom stereocenters. The molecular weight excluding hydrogens is 230 g/mol. The molecule has 1 saturated heterocycles. The van der Waals surface area contributed by atoms with Crippen molar-refractivity contribution in [3.05, 3.63) is 22.4 Å². The molecule has 0 atom stereocenters. The van der Waals surface area contributed by atoms with Gasteiger partial charge < -0.3 is 5.32 Å². The van der Waals surface area contributed by atoms with Crippen molar-refractivity contribution in [3.63, 3.8) is 0 Å². The SMILES string of the molecule is O=S1(=O)CCC(NCc2ccsc2)CC1. The second-order valence-electron chi connectivity index (χ2n) is 3.94. The fourth-order valence-electron chi connectivity index (χ4n) is 1.75. The van der Waals surface area contributed by atoms with Gasteiger partial charge in [-0.2, -0.15) is 11.3 Å². The van der Waals surface area contributed by atoms with E-state index in [1.54, 1.807) is 11.3 Å². The van der Waals surface area contributed by atoms with Gasteiger partial charge in [0, 0.05) is 12.6 Å². The summed E-state index contributed by atoms with van der Waals surface area (Å²) in [7, 11) is -2.73. The second kappa shape index (κ2) is 4.63. The molecule has 1 aliphatic rings. The first kappa shape index (κ1) is 11.1. The van der Waals surface area contributed by atoms with Crippen LogP contribution in [-0.4, -0.2) is 26.0 Å². The van der Waals surface area contributed by atoms with E-state index in [2.05, 4.69) is 22.1 Å². The molecule has 0 bridgehead atoms. The van der Waals surface area contributed by atoms with Crippen molar-refractivity contribution >= 4 is 21.2 Å². The van der Waals surface area contributed by atoms with E-state index in [4.69, 9.17) is 0 Å². The first-order valence-electron chi connectivity index (χ1n) is 5.11. The number of hydrogen-bond acceptors (Lipinski definition) is 4. The lowest BCUT2D eigenvalue weighted by Gasteiger charge is -2.22. The third-order valence-electron chi connectivity index (χ3n) is 2.73. The van der Waals surface area contributed by atoms with Gasteiger partial charge in [-0.05, 0) is 35.2 Å². The fraction of sp³-hybridized carbons (Fsp3) is 0.600. The molecule has 0 amide bonds. The van der Waals surface area contributed by atoms with Gasteiger partial charge in [0.1, 0.15) is 9.84 Å². The van der Waals surface area contributed by atoms with Crippen LogP contribution in [0.1, 0.15) is 18.4 Å². The Kier molecular flexibility index (Phi) is 3.43. The normalized spacial score (nSPS) is 21.6. The van der Waals surface area contributed by atoms with Gasteiger partial charge in [-0.15, -0.1) is 0 Å². The third kappa shape index (κ3) is 3.29. The van der Waals surface area contributed by atoms with E-state index < -0.39 is 9.84 Å². The molecule has 1 aromatic rings. The van der Waals surface area contributed by atoms with Crippen LogP contribution < -0.4 is 5.32 Å². The third-order valence-corrected chi connectivity index (χ3v) is 5.18. The van der Waals surface area contributed by atoms with Crippen molar-refractivity contribution in [1.82, 2.24) is 5.32 Å². The molecule has 15 heavy (non-hydrogen) atoms. The van der Waals surface area contributed by atoms with E-state index in [-0.39, 0.29) is 0 Å². The Bertz CT molecular complexity index is 383. The van der Waals surface area contributed by atoms with E-state index >= 15 is 0 Å². The van der Waals surface area contributed by atoms with Crippen molar-refractivity contribution in [2.24, 2.45) is 0 Å². The molecule has 2 heterocycles. The predicted octanol–water partition coefficient (Wildman–Crippen LogP) is 1.41. The Balaban J connectivity index is 1.78. The van der Waals surface area contributed by atoms with Crippen LogP contribution in [0, 0.1) is 0 Å². The molecule has 0 saturated carbocycles. The van der Waals surface area contributed by atoms with Crippen LogP contribution in [0.5, 0.6) is 0 Å². The largest absolute Gasteiger partial charge is 0.310 e. The van der Waals surface area contributed by atoms with Gasteiger partial charge >= 0.3 is 0 Å². The number of thiophene rings is 1. The lowest BCUT2D eigenvalue weighted by molar-refractivity contribution is 0.463. The fourth-order valence-corrected chi connectivity index (χ4v) is 3.91. The molecule has 1 aliphatic heterocycles. The highest BCUT2D eigenvalue weighted by atomic mass is 32.2. The van der Waals surface area contributed by atoms with Crippen LogP contribution >= 0.6 is 11.3 Å². The van der Waals surface area contributed by atoms with Crippen LogP contribution in [0.2, 0.25) is 0 Å². The Hall–Kier alpha value is -0.390. The lowest BCUT2D eigenvalue weighted by Crippen LogP contribution is -2.37. The van der Waals surface area contributed by atoms with E-state index in [1.807, 2.05) is 0 Å². The minimum absolute atomic E-state index is 0.342. The number of sulfone groups is 1. The van der Waals surface area contributed by atoms with Gasteiger partial charge in [0.2, 0.25) is 0 Å². The summed E-state index contributed by atoms with van der Waals surface area (Å²) in [6.07, 6.45) is 1.51. The molecule has 0 aromatic carbocycles. The van der Waals surface area contributed by atoms with Crippen LogP contribution in [0.25, 0.3) is 0 Å². The summed E-state index contributed by atoms with van der Waals surface area (Å²) in [4.78, 5) is 0. The van der Waals surface area contributed by atoms with Crippen LogP contribution in [0.3, 0.4) is 0 Å². The van der Waals surface area contributed by atoms with Gasteiger partial charge in [0.05, 0.1) is 11.5 Å². The maximum Gasteiger partial charge on any atom is 0.150 e. The number of rotatable bonds is 3. The summed E-state index contributed by atoms with van der Waals surface area (Å²) < 4.78 is 22.4. The molecule has 1 N–H and O–H groups in total. The Labute approximate surface area is 94.4 Å². The van der Waals surface area contributed by atoms with E-state index in [1.165, 1.54) is 5.56 Å². The lowest BCUT2D eigenvalue weighted by atomic mass is 10.1. The molecule has 0 aliphatic carbocycles. The first-order chi connectivity index (χ1) is 7.16. The van der Waals surface area contributed by atoms with Crippen molar-refractivity contribution in [2.75, 3.05) is 11.5 Å². The molecule has 0 radical (unpaired) electrons. The minimum atomic E-state index is -2.73. The van der Waals surface area contributed by atoms with Crippen LogP contribution in [-0.2, 0) is 16.4 Å². The second-order valence-corrected chi connectivity index (χ2v) is 7.02. The summed E-state index contributed by atoms with van der Waals surface area (Å²) in [5.41, 5.74) is 1.29. The molecule has 0 spiro atoms. The summed E-state index contributed by atoms with van der Waals surface area (Å²) in [6, 6.07) is 2.46. The Morgan fingerprint density at radius 1 is 1.40 bits per heavy atom. The van der Waals surface area contributed by atoms with Crippen LogP contribution in [0.4, 0.5) is 0 Å². The minimum Gasteiger partial charge on any atom is -0.310 e. The number of nitrogens with one attached hydrogen (secondary N) is 1. The first-order valence-corrected chi connectivity index (χ1v) is 7.87. The molecule has 2 rings (SSSR count). The standard InChI is InChI=1S/C10H15NO2S2/c12-15(13)5-2-10(3-6-15)11-7-9-1-4-14-8-9/h1,4,8,10-11H,2-3,5-7H2. The average molecular weight is 245 g/mol. The van der Waals surface area contributed by atoms with Gasteiger partial charge in [0.25, 0.3) is 0 Å². The highest BCUT2D eigenvalue weighted by Gasteiger charge is 2.22. The van der Waals surface area contributed by atoms with Gasteiger partial charge in [-0.3, -0.25) is 0 Å². The molecule has 84 valence electrons. The van der Waals surface area contributed by atoms with E-state index in [9.17, 15) is 8.42 Å². The molecule has 1 fully saturated rings.